The number of hydrogen-bond acceptors (Lipinski definition) is 2. The van der Waals surface area contributed by atoms with Gasteiger partial charge in [-0.15, -0.1) is 0 Å². The van der Waals surface area contributed by atoms with E-state index in [1.165, 1.54) is 16.7 Å². The van der Waals surface area contributed by atoms with Crippen molar-refractivity contribution in [2.24, 2.45) is 0 Å². The molecule has 0 saturated heterocycles. The van der Waals surface area contributed by atoms with Gasteiger partial charge in [-0.3, -0.25) is 4.98 Å². The van der Waals surface area contributed by atoms with Crippen LogP contribution in [0.5, 0.6) is 0 Å². The number of rotatable bonds is 0. The minimum Gasteiger partial charge on any atom is -0.397 e. The number of pyridine rings is 1. The van der Waals surface area contributed by atoms with Crippen molar-refractivity contribution in [2.75, 3.05) is 5.73 Å². The van der Waals surface area contributed by atoms with Crippen molar-refractivity contribution in [2.45, 2.75) is 19.3 Å². The Morgan fingerprint density at radius 2 is 1.88 bits per heavy atom. The maximum absolute atomic E-state index is 6.03. The average molecular weight is 245 g/mol. The Hall–Kier alpha value is -1.54. The van der Waals surface area contributed by atoms with Crippen LogP contribution in [-0.4, -0.2) is 4.98 Å². The minimum atomic E-state index is 0.743. The molecule has 0 radical (unpaired) electrons. The monoisotopic (exact) mass is 244 g/mol. The predicted octanol–water partition coefficient (Wildman–Crippen LogP) is 3.01. The lowest BCUT2D eigenvalue weighted by molar-refractivity contribution is 0.953. The number of aromatic nitrogens is 1. The summed E-state index contributed by atoms with van der Waals surface area (Å²) in [5, 5.41) is 0.808. The Bertz CT molecular complexity index is 527. The lowest BCUT2D eigenvalue weighted by Crippen LogP contribution is -1.98. The molecule has 0 fully saturated rings. The molecule has 86 valence electrons. The number of fused-ring (bicyclic) bond motifs is 2. The number of anilines is 1. The van der Waals surface area contributed by atoms with Gasteiger partial charge < -0.3 is 5.73 Å². The molecule has 2 aromatic rings. The molecule has 0 unspecified atom stereocenters. The molecule has 17 heavy (non-hydrogen) atoms. The first-order valence-electron chi connectivity index (χ1n) is 5.73. The van der Waals surface area contributed by atoms with E-state index in [0.29, 0.717) is 0 Å². The topological polar surface area (TPSA) is 38.9 Å². The van der Waals surface area contributed by atoms with Crippen LogP contribution in [0.1, 0.15) is 22.4 Å². The van der Waals surface area contributed by atoms with Gasteiger partial charge in [0.1, 0.15) is 0 Å². The third-order valence-electron chi connectivity index (χ3n) is 3.27. The first-order chi connectivity index (χ1) is 8.22. The van der Waals surface area contributed by atoms with Crippen LogP contribution in [0.3, 0.4) is 0 Å². The number of benzene rings is 1. The second-order valence-electron chi connectivity index (χ2n) is 4.46. The molecule has 2 N–H and O–H groups in total. The Labute approximate surface area is 105 Å². The van der Waals surface area contributed by atoms with Gasteiger partial charge in [0, 0.05) is 17.1 Å². The van der Waals surface area contributed by atoms with Crippen LogP contribution in [0.4, 0.5) is 5.69 Å². The van der Waals surface area contributed by atoms with E-state index in [9.17, 15) is 0 Å². The summed E-state index contributed by atoms with van der Waals surface area (Å²) in [6.07, 6.45) is 4.61. The van der Waals surface area contributed by atoms with Crippen molar-refractivity contribution >= 4 is 17.3 Å². The quantitative estimate of drug-likeness (QED) is 0.774. The molecular formula is C14H13ClN2. The molecule has 1 aromatic heterocycles. The Kier molecular flexibility index (Phi) is 2.52. The fourth-order valence-electron chi connectivity index (χ4n) is 2.38. The lowest BCUT2D eigenvalue weighted by Gasteiger charge is -2.05. The Morgan fingerprint density at radius 3 is 2.76 bits per heavy atom. The highest BCUT2D eigenvalue weighted by Crippen LogP contribution is 2.26. The molecule has 1 aliphatic carbocycles. The van der Waals surface area contributed by atoms with Crippen LogP contribution in [0, 0.1) is 0 Å². The average Bonchev–Trinajstić information content (AvgIpc) is 2.48. The van der Waals surface area contributed by atoms with E-state index in [0.717, 1.165) is 35.7 Å². The number of aryl methyl sites for hydroxylation is 2. The van der Waals surface area contributed by atoms with Crippen molar-refractivity contribution in [3.63, 3.8) is 0 Å². The standard InChI is InChI=1S/C14H13ClN2/c15-12-4-3-10-7-14-11(2-1-9(10)5-12)6-13(16)8-17-14/h3-6,8H,1-2,7,16H2. The summed E-state index contributed by atoms with van der Waals surface area (Å²) in [7, 11) is 0. The summed E-state index contributed by atoms with van der Waals surface area (Å²) in [5.74, 6) is 0. The third kappa shape index (κ3) is 2.01. The van der Waals surface area contributed by atoms with Gasteiger partial charge >= 0.3 is 0 Å². The number of nitrogens with two attached hydrogens (primary N) is 1. The molecular weight excluding hydrogens is 232 g/mol. The first-order valence-corrected chi connectivity index (χ1v) is 6.11. The van der Waals surface area contributed by atoms with E-state index < -0.39 is 0 Å². The molecule has 1 heterocycles. The summed E-state index contributed by atoms with van der Waals surface area (Å²) in [6.45, 7) is 0. The highest BCUT2D eigenvalue weighted by atomic mass is 35.5. The third-order valence-corrected chi connectivity index (χ3v) is 3.51. The van der Waals surface area contributed by atoms with Crippen LogP contribution in [-0.2, 0) is 19.3 Å². The number of nitrogens with zero attached hydrogens (tertiary/aromatic N) is 1. The summed E-state index contributed by atoms with van der Waals surface area (Å²) < 4.78 is 0. The second-order valence-corrected chi connectivity index (χ2v) is 4.90. The molecule has 1 aromatic carbocycles. The van der Waals surface area contributed by atoms with Gasteiger partial charge in [-0.05, 0) is 47.7 Å². The minimum absolute atomic E-state index is 0.743. The van der Waals surface area contributed by atoms with Crippen LogP contribution >= 0.6 is 11.6 Å². The zero-order valence-electron chi connectivity index (χ0n) is 9.41. The zero-order valence-corrected chi connectivity index (χ0v) is 10.2. The van der Waals surface area contributed by atoms with Crippen LogP contribution in [0.15, 0.2) is 30.5 Å². The molecule has 0 bridgehead atoms. The lowest BCUT2D eigenvalue weighted by atomic mass is 10.0. The first kappa shape index (κ1) is 10.6. The van der Waals surface area contributed by atoms with Gasteiger partial charge in [0.15, 0.2) is 0 Å². The number of nitrogen functional groups attached to an aromatic ring is 1. The normalized spacial score (nSPS) is 13.7. The van der Waals surface area contributed by atoms with Crippen molar-refractivity contribution in [1.29, 1.82) is 0 Å². The molecule has 0 atom stereocenters. The highest BCUT2D eigenvalue weighted by Gasteiger charge is 2.14. The Balaban J connectivity index is 2.07. The second kappa shape index (κ2) is 4.04. The summed E-state index contributed by atoms with van der Waals surface area (Å²) in [4.78, 5) is 4.44. The van der Waals surface area contributed by atoms with Gasteiger partial charge in [-0.25, -0.2) is 0 Å². The van der Waals surface area contributed by atoms with Crippen LogP contribution in [0.2, 0.25) is 5.02 Å². The van der Waals surface area contributed by atoms with Crippen LogP contribution in [0.25, 0.3) is 0 Å². The molecule has 1 aliphatic rings. The maximum Gasteiger partial charge on any atom is 0.0503 e. The molecule has 0 aliphatic heterocycles. The fourth-order valence-corrected chi connectivity index (χ4v) is 2.58. The van der Waals surface area contributed by atoms with Crippen molar-refractivity contribution in [3.05, 3.63) is 57.9 Å². The molecule has 3 rings (SSSR count). The van der Waals surface area contributed by atoms with E-state index in [1.54, 1.807) is 6.20 Å². The molecule has 3 heteroatoms. The highest BCUT2D eigenvalue weighted by molar-refractivity contribution is 6.30. The van der Waals surface area contributed by atoms with E-state index in [4.69, 9.17) is 17.3 Å². The van der Waals surface area contributed by atoms with Gasteiger partial charge in [0.2, 0.25) is 0 Å². The smallest absolute Gasteiger partial charge is 0.0503 e. The maximum atomic E-state index is 6.03. The molecule has 0 amide bonds. The summed E-state index contributed by atoms with van der Waals surface area (Å²) >= 11 is 6.03. The zero-order chi connectivity index (χ0) is 11.8. The largest absolute Gasteiger partial charge is 0.397 e. The number of hydrogen-bond donors (Lipinski definition) is 1. The summed E-state index contributed by atoms with van der Waals surface area (Å²) in [6, 6.07) is 8.15. The van der Waals surface area contributed by atoms with Gasteiger partial charge in [-0.1, -0.05) is 17.7 Å². The molecule has 0 spiro atoms. The van der Waals surface area contributed by atoms with Crippen LogP contribution < -0.4 is 5.73 Å². The van der Waals surface area contributed by atoms with E-state index in [2.05, 4.69) is 17.1 Å². The Morgan fingerprint density at radius 1 is 1.06 bits per heavy atom. The van der Waals surface area contributed by atoms with E-state index >= 15 is 0 Å². The van der Waals surface area contributed by atoms with Crippen molar-refractivity contribution in [3.8, 4) is 0 Å². The SMILES string of the molecule is Nc1cnc2c(c1)CCc1cc(Cl)ccc1C2. The summed E-state index contributed by atoms with van der Waals surface area (Å²) in [5.41, 5.74) is 11.6. The number of halogens is 1. The predicted molar refractivity (Wildman–Crippen MR) is 70.3 cm³/mol. The fraction of sp³-hybridized carbons (Fsp3) is 0.214. The van der Waals surface area contributed by atoms with Gasteiger partial charge in [0.25, 0.3) is 0 Å². The van der Waals surface area contributed by atoms with E-state index in [-0.39, 0.29) is 0 Å². The van der Waals surface area contributed by atoms with Gasteiger partial charge in [-0.2, -0.15) is 0 Å². The van der Waals surface area contributed by atoms with Crippen molar-refractivity contribution in [1.82, 2.24) is 4.98 Å². The van der Waals surface area contributed by atoms with E-state index in [1.807, 2.05) is 12.1 Å². The molecule has 2 nitrogen and oxygen atoms in total. The van der Waals surface area contributed by atoms with Crippen molar-refractivity contribution < 1.29 is 0 Å². The van der Waals surface area contributed by atoms with Gasteiger partial charge in [0.05, 0.1) is 11.9 Å². The molecule has 0 saturated carbocycles.